The molecule has 0 spiro atoms. The van der Waals surface area contributed by atoms with Crippen molar-refractivity contribution < 1.29 is 14.3 Å². The molecule has 1 saturated heterocycles. The third-order valence-corrected chi connectivity index (χ3v) is 4.10. The Labute approximate surface area is 128 Å². The Morgan fingerprint density at radius 3 is 2.48 bits per heavy atom. The summed E-state index contributed by atoms with van der Waals surface area (Å²) in [5, 5.41) is 0. The molecule has 2 atom stereocenters. The van der Waals surface area contributed by atoms with Gasteiger partial charge in [0.1, 0.15) is 6.10 Å². The van der Waals surface area contributed by atoms with Crippen LogP contribution in [0.5, 0.6) is 0 Å². The van der Waals surface area contributed by atoms with Gasteiger partial charge in [0, 0.05) is 33.3 Å². The number of carbonyl (C=O) groups is 1. The number of carbonyl (C=O) groups excluding carboxylic acids is 1. The van der Waals surface area contributed by atoms with E-state index in [0.717, 1.165) is 39.0 Å². The van der Waals surface area contributed by atoms with Gasteiger partial charge >= 0.3 is 0 Å². The first-order chi connectivity index (χ1) is 10.2. The number of nitrogens with two attached hydrogens (primary N) is 1. The van der Waals surface area contributed by atoms with Gasteiger partial charge in [-0.05, 0) is 25.9 Å². The Bertz CT molecular complexity index is 298. The number of ether oxygens (including phenoxy) is 2. The lowest BCUT2D eigenvalue weighted by Gasteiger charge is -2.28. The number of rotatable bonds is 10. The van der Waals surface area contributed by atoms with Crippen LogP contribution in [0.15, 0.2) is 0 Å². The zero-order valence-corrected chi connectivity index (χ0v) is 13.7. The molecular formula is C15H31N3O3. The minimum absolute atomic E-state index is 0.0333. The molecule has 0 aromatic heterocycles. The lowest BCUT2D eigenvalue weighted by Crippen LogP contribution is -2.45. The molecule has 0 unspecified atom stereocenters. The minimum Gasteiger partial charge on any atom is -0.383 e. The molecule has 2 N–H and O–H groups in total. The molecule has 0 radical (unpaired) electrons. The summed E-state index contributed by atoms with van der Waals surface area (Å²) >= 11 is 0. The van der Waals surface area contributed by atoms with E-state index in [9.17, 15) is 4.79 Å². The second-order valence-electron chi connectivity index (χ2n) is 5.40. The Hall–Kier alpha value is -0.690. The molecule has 1 amide bonds. The van der Waals surface area contributed by atoms with Crippen LogP contribution in [0.1, 0.15) is 26.7 Å². The zero-order chi connectivity index (χ0) is 15.7. The van der Waals surface area contributed by atoms with Crippen molar-refractivity contribution in [1.29, 1.82) is 0 Å². The topological polar surface area (TPSA) is 68.0 Å². The van der Waals surface area contributed by atoms with Gasteiger partial charge < -0.3 is 25.0 Å². The normalized spacial score (nSPS) is 22.0. The maximum atomic E-state index is 12.6. The first-order valence-corrected chi connectivity index (χ1v) is 8.01. The Morgan fingerprint density at radius 1 is 1.24 bits per heavy atom. The van der Waals surface area contributed by atoms with Crippen LogP contribution in [-0.2, 0) is 14.3 Å². The van der Waals surface area contributed by atoms with E-state index >= 15 is 0 Å². The van der Waals surface area contributed by atoms with Gasteiger partial charge in [-0.25, -0.2) is 0 Å². The average molecular weight is 301 g/mol. The summed E-state index contributed by atoms with van der Waals surface area (Å²) in [4.78, 5) is 16.8. The first-order valence-electron chi connectivity index (χ1n) is 8.01. The summed E-state index contributed by atoms with van der Waals surface area (Å²) in [7, 11) is 1.66. The van der Waals surface area contributed by atoms with E-state index in [1.54, 1.807) is 7.11 Å². The summed E-state index contributed by atoms with van der Waals surface area (Å²) in [5.74, 6) is 0.0788. The number of hydrogen-bond donors (Lipinski definition) is 1. The predicted octanol–water partition coefficient (Wildman–Crippen LogP) is 0.310. The Kier molecular flexibility index (Phi) is 8.84. The van der Waals surface area contributed by atoms with Crippen molar-refractivity contribution in [2.75, 3.05) is 53.0 Å². The van der Waals surface area contributed by atoms with Crippen LogP contribution in [0.25, 0.3) is 0 Å². The number of likely N-dealkylation sites (N-methyl/N-ethyl adjacent to an activating group) is 1. The van der Waals surface area contributed by atoms with Gasteiger partial charge in [-0.3, -0.25) is 4.79 Å². The van der Waals surface area contributed by atoms with E-state index in [2.05, 4.69) is 18.7 Å². The SMILES string of the molecule is CCN(CC)CCN(CCOC)C(=O)[C@@H]1CC[C@H](CN)O1. The van der Waals surface area contributed by atoms with Gasteiger partial charge in [-0.1, -0.05) is 13.8 Å². The van der Waals surface area contributed by atoms with Gasteiger partial charge in [-0.2, -0.15) is 0 Å². The Balaban J connectivity index is 2.53. The average Bonchev–Trinajstić information content (AvgIpc) is 2.99. The largest absolute Gasteiger partial charge is 0.383 e. The predicted molar refractivity (Wildman–Crippen MR) is 83.2 cm³/mol. The van der Waals surface area contributed by atoms with Crippen molar-refractivity contribution in [2.45, 2.75) is 38.9 Å². The fourth-order valence-corrected chi connectivity index (χ4v) is 2.60. The minimum atomic E-state index is -0.327. The van der Waals surface area contributed by atoms with E-state index in [1.807, 2.05) is 4.90 Å². The molecule has 0 saturated carbocycles. The molecule has 124 valence electrons. The van der Waals surface area contributed by atoms with Crippen LogP contribution in [0.4, 0.5) is 0 Å². The molecule has 21 heavy (non-hydrogen) atoms. The standard InChI is InChI=1S/C15H31N3O3/c1-4-17(5-2)8-9-18(10-11-20-3)15(19)14-7-6-13(12-16)21-14/h13-14H,4-12,16H2,1-3H3/t13-,14+/m1/s1. The van der Waals surface area contributed by atoms with Crippen molar-refractivity contribution in [1.82, 2.24) is 9.80 Å². The highest BCUT2D eigenvalue weighted by molar-refractivity contribution is 5.81. The monoisotopic (exact) mass is 301 g/mol. The van der Waals surface area contributed by atoms with Crippen molar-refractivity contribution >= 4 is 5.91 Å². The second-order valence-corrected chi connectivity index (χ2v) is 5.40. The summed E-state index contributed by atoms with van der Waals surface area (Å²) in [6, 6.07) is 0. The van der Waals surface area contributed by atoms with Crippen LogP contribution in [0.2, 0.25) is 0 Å². The summed E-state index contributed by atoms with van der Waals surface area (Å²) in [6.45, 7) is 9.53. The second kappa shape index (κ2) is 10.1. The fraction of sp³-hybridized carbons (Fsp3) is 0.933. The lowest BCUT2D eigenvalue weighted by molar-refractivity contribution is -0.143. The van der Waals surface area contributed by atoms with Crippen LogP contribution >= 0.6 is 0 Å². The highest BCUT2D eigenvalue weighted by Gasteiger charge is 2.32. The van der Waals surface area contributed by atoms with E-state index in [4.69, 9.17) is 15.2 Å². The number of hydrogen-bond acceptors (Lipinski definition) is 5. The maximum absolute atomic E-state index is 12.6. The van der Waals surface area contributed by atoms with Crippen molar-refractivity contribution in [3.63, 3.8) is 0 Å². The highest BCUT2D eigenvalue weighted by Crippen LogP contribution is 2.20. The van der Waals surface area contributed by atoms with Gasteiger partial charge in [0.2, 0.25) is 0 Å². The molecule has 6 heteroatoms. The first kappa shape index (κ1) is 18.4. The molecule has 1 heterocycles. The molecule has 6 nitrogen and oxygen atoms in total. The molecule has 1 fully saturated rings. The van der Waals surface area contributed by atoms with Crippen molar-refractivity contribution in [2.24, 2.45) is 5.73 Å². The number of methoxy groups -OCH3 is 1. The molecule has 0 aliphatic carbocycles. The third-order valence-electron chi connectivity index (χ3n) is 4.10. The third kappa shape index (κ3) is 5.90. The summed E-state index contributed by atoms with van der Waals surface area (Å²) < 4.78 is 10.8. The van der Waals surface area contributed by atoms with Crippen LogP contribution in [0.3, 0.4) is 0 Å². The summed E-state index contributed by atoms with van der Waals surface area (Å²) in [6.07, 6.45) is 1.36. The van der Waals surface area contributed by atoms with E-state index < -0.39 is 0 Å². The van der Waals surface area contributed by atoms with Gasteiger partial charge in [-0.15, -0.1) is 0 Å². The molecule has 1 aliphatic rings. The molecular weight excluding hydrogens is 270 g/mol. The van der Waals surface area contributed by atoms with Crippen molar-refractivity contribution in [3.8, 4) is 0 Å². The molecule has 0 bridgehead atoms. The quantitative estimate of drug-likeness (QED) is 0.629. The van der Waals surface area contributed by atoms with Gasteiger partial charge in [0.25, 0.3) is 5.91 Å². The maximum Gasteiger partial charge on any atom is 0.251 e. The van der Waals surface area contributed by atoms with Crippen LogP contribution < -0.4 is 5.73 Å². The van der Waals surface area contributed by atoms with Crippen molar-refractivity contribution in [3.05, 3.63) is 0 Å². The van der Waals surface area contributed by atoms with Crippen LogP contribution in [-0.4, -0.2) is 80.9 Å². The molecule has 1 rings (SSSR count). The van der Waals surface area contributed by atoms with Crippen LogP contribution in [0, 0.1) is 0 Å². The lowest BCUT2D eigenvalue weighted by atomic mass is 10.2. The number of amides is 1. The molecule has 0 aromatic carbocycles. The zero-order valence-electron chi connectivity index (χ0n) is 13.7. The highest BCUT2D eigenvalue weighted by atomic mass is 16.5. The fourth-order valence-electron chi connectivity index (χ4n) is 2.60. The number of nitrogens with zero attached hydrogens (tertiary/aromatic N) is 2. The van der Waals surface area contributed by atoms with E-state index in [0.29, 0.717) is 19.7 Å². The van der Waals surface area contributed by atoms with Gasteiger partial charge in [0.15, 0.2) is 0 Å². The van der Waals surface area contributed by atoms with E-state index in [-0.39, 0.29) is 18.1 Å². The summed E-state index contributed by atoms with van der Waals surface area (Å²) in [5.41, 5.74) is 5.61. The molecule has 1 aliphatic heterocycles. The van der Waals surface area contributed by atoms with Gasteiger partial charge in [0.05, 0.1) is 12.7 Å². The Morgan fingerprint density at radius 2 is 1.95 bits per heavy atom. The van der Waals surface area contributed by atoms with E-state index in [1.165, 1.54) is 0 Å². The smallest absolute Gasteiger partial charge is 0.251 e. The molecule has 0 aromatic rings.